The molecule has 70 valence electrons. The number of nitrogens with zero attached hydrogens (tertiary/aromatic N) is 1. The number of carbonyl (C=O) groups excluding carboxylic acids is 1. The molecule has 0 saturated heterocycles. The molecule has 0 N–H and O–H groups in total. The molecule has 0 aliphatic rings. The highest BCUT2D eigenvalue weighted by molar-refractivity contribution is 14.1. The van der Waals surface area contributed by atoms with Crippen molar-refractivity contribution in [2.75, 3.05) is 0 Å². The van der Waals surface area contributed by atoms with Crippen LogP contribution >= 0.6 is 38.5 Å². The summed E-state index contributed by atoms with van der Waals surface area (Å²) in [5, 5.41) is 0. The number of alkyl halides is 2. The first-order valence-corrected chi connectivity index (χ1v) is 5.02. The molecule has 0 aliphatic carbocycles. The Labute approximate surface area is 95.0 Å². The minimum absolute atomic E-state index is 0.0245. The van der Waals surface area contributed by atoms with Crippen LogP contribution in [0.15, 0.2) is 10.7 Å². The van der Waals surface area contributed by atoms with Crippen LogP contribution in [0, 0.1) is 3.70 Å². The van der Waals surface area contributed by atoms with Gasteiger partial charge in [0.15, 0.2) is 6.29 Å². The van der Waals surface area contributed by atoms with E-state index in [4.69, 9.17) is 0 Å². The maximum Gasteiger partial charge on any atom is 0.267 e. The first-order valence-electron chi connectivity index (χ1n) is 3.15. The van der Waals surface area contributed by atoms with E-state index in [-0.39, 0.29) is 15.7 Å². The third-order valence-electron chi connectivity index (χ3n) is 1.36. The summed E-state index contributed by atoms with van der Waals surface area (Å²) in [7, 11) is 0. The third kappa shape index (κ3) is 2.43. The molecule has 1 heterocycles. The second-order valence-electron chi connectivity index (χ2n) is 2.16. The van der Waals surface area contributed by atoms with Crippen LogP contribution in [0.4, 0.5) is 8.78 Å². The van der Waals surface area contributed by atoms with Crippen molar-refractivity contribution < 1.29 is 13.6 Å². The summed E-state index contributed by atoms with van der Waals surface area (Å²) in [6.45, 7) is 0. The molecule has 0 aromatic carbocycles. The molecule has 1 rings (SSSR count). The van der Waals surface area contributed by atoms with Gasteiger partial charge in [0.05, 0.1) is 5.56 Å². The Balaban J connectivity index is 3.38. The lowest BCUT2D eigenvalue weighted by molar-refractivity contribution is 0.110. The molecule has 0 fully saturated rings. The predicted molar refractivity (Wildman–Crippen MR) is 55.0 cm³/mol. The van der Waals surface area contributed by atoms with Crippen molar-refractivity contribution in [3.63, 3.8) is 0 Å². The lowest BCUT2D eigenvalue weighted by atomic mass is 10.2. The van der Waals surface area contributed by atoms with Crippen LogP contribution in [0.3, 0.4) is 0 Å². The standard InChI is InChI=1S/C7H3BrF2INO/c8-6-5(7(9)10)3(2-13)1-4(11)12-6/h1-2,7H. The largest absolute Gasteiger partial charge is 0.298 e. The van der Waals surface area contributed by atoms with Crippen LogP contribution in [-0.4, -0.2) is 11.3 Å². The SMILES string of the molecule is O=Cc1cc(I)nc(Br)c1C(F)F. The van der Waals surface area contributed by atoms with E-state index in [1.54, 1.807) is 0 Å². The van der Waals surface area contributed by atoms with Crippen molar-refractivity contribution in [3.8, 4) is 0 Å². The molecule has 1 aromatic heterocycles. The normalized spacial score (nSPS) is 10.5. The van der Waals surface area contributed by atoms with E-state index in [2.05, 4.69) is 20.9 Å². The van der Waals surface area contributed by atoms with Crippen LogP contribution in [0.25, 0.3) is 0 Å². The summed E-state index contributed by atoms with van der Waals surface area (Å²) in [5.74, 6) is 0. The quantitative estimate of drug-likeness (QED) is 0.460. The Kier molecular flexibility index (Phi) is 3.72. The molecule has 0 amide bonds. The van der Waals surface area contributed by atoms with Crippen molar-refractivity contribution in [3.05, 3.63) is 25.5 Å². The van der Waals surface area contributed by atoms with Crippen LogP contribution in [0.5, 0.6) is 0 Å². The van der Waals surface area contributed by atoms with Gasteiger partial charge in [0.25, 0.3) is 6.43 Å². The highest BCUT2D eigenvalue weighted by Gasteiger charge is 2.18. The number of hydrogen-bond donors (Lipinski definition) is 0. The van der Waals surface area contributed by atoms with E-state index in [0.717, 1.165) is 0 Å². The number of halogens is 4. The molecule has 0 aliphatic heterocycles. The molecule has 0 spiro atoms. The zero-order valence-corrected chi connectivity index (χ0v) is 9.84. The van der Waals surface area contributed by atoms with Crippen LogP contribution < -0.4 is 0 Å². The van der Waals surface area contributed by atoms with E-state index < -0.39 is 6.43 Å². The highest BCUT2D eigenvalue weighted by atomic mass is 127. The Hall–Kier alpha value is -0.110. The van der Waals surface area contributed by atoms with E-state index in [1.807, 2.05) is 22.6 Å². The van der Waals surface area contributed by atoms with Gasteiger partial charge in [-0.2, -0.15) is 0 Å². The summed E-state index contributed by atoms with van der Waals surface area (Å²) >= 11 is 4.73. The van der Waals surface area contributed by atoms with Gasteiger partial charge >= 0.3 is 0 Å². The van der Waals surface area contributed by atoms with Crippen LogP contribution in [-0.2, 0) is 0 Å². The highest BCUT2D eigenvalue weighted by Crippen LogP contribution is 2.29. The van der Waals surface area contributed by atoms with E-state index in [9.17, 15) is 13.6 Å². The molecule has 0 unspecified atom stereocenters. The van der Waals surface area contributed by atoms with E-state index >= 15 is 0 Å². The van der Waals surface area contributed by atoms with Crippen molar-refractivity contribution >= 4 is 44.8 Å². The number of carbonyl (C=O) groups is 1. The Morgan fingerprint density at radius 2 is 2.23 bits per heavy atom. The van der Waals surface area contributed by atoms with Gasteiger partial charge in [0.2, 0.25) is 0 Å². The molecule has 0 atom stereocenters. The minimum Gasteiger partial charge on any atom is -0.298 e. The summed E-state index contributed by atoms with van der Waals surface area (Å²) in [6.07, 6.45) is -2.30. The lowest BCUT2D eigenvalue weighted by Crippen LogP contribution is -1.98. The second kappa shape index (κ2) is 4.41. The van der Waals surface area contributed by atoms with Crippen molar-refractivity contribution in [1.82, 2.24) is 4.98 Å². The fourth-order valence-electron chi connectivity index (χ4n) is 0.825. The van der Waals surface area contributed by atoms with Gasteiger partial charge in [-0.3, -0.25) is 4.79 Å². The molecular formula is C7H3BrF2INO. The van der Waals surface area contributed by atoms with E-state index in [1.165, 1.54) is 6.07 Å². The third-order valence-corrected chi connectivity index (χ3v) is 2.52. The maximum atomic E-state index is 12.4. The fourth-order valence-corrected chi connectivity index (χ4v) is 2.33. The van der Waals surface area contributed by atoms with E-state index in [0.29, 0.717) is 9.99 Å². The smallest absolute Gasteiger partial charge is 0.267 e. The van der Waals surface area contributed by atoms with Crippen molar-refractivity contribution in [2.24, 2.45) is 0 Å². The number of hydrogen-bond acceptors (Lipinski definition) is 2. The molecule has 1 aromatic rings. The fraction of sp³-hybridized carbons (Fsp3) is 0.143. The van der Waals surface area contributed by atoms with Gasteiger partial charge in [0.1, 0.15) is 8.30 Å². The Morgan fingerprint density at radius 3 is 2.69 bits per heavy atom. The zero-order chi connectivity index (χ0) is 10.0. The first-order chi connectivity index (χ1) is 6.06. The van der Waals surface area contributed by atoms with Gasteiger partial charge in [-0.15, -0.1) is 0 Å². The molecular weight excluding hydrogens is 359 g/mol. The Morgan fingerprint density at radius 1 is 1.62 bits per heavy atom. The Bertz CT molecular complexity index is 346. The van der Waals surface area contributed by atoms with Crippen LogP contribution in [0.1, 0.15) is 22.3 Å². The van der Waals surface area contributed by atoms with Crippen LogP contribution in [0.2, 0.25) is 0 Å². The molecule has 13 heavy (non-hydrogen) atoms. The monoisotopic (exact) mass is 361 g/mol. The average Bonchev–Trinajstić information content (AvgIpc) is 2.01. The molecule has 0 bridgehead atoms. The van der Waals surface area contributed by atoms with Gasteiger partial charge in [-0.1, -0.05) is 0 Å². The summed E-state index contributed by atoms with van der Waals surface area (Å²) < 4.78 is 25.3. The van der Waals surface area contributed by atoms with Crippen molar-refractivity contribution in [1.29, 1.82) is 0 Å². The average molecular weight is 362 g/mol. The number of aldehydes is 1. The minimum atomic E-state index is -2.70. The second-order valence-corrected chi connectivity index (χ2v) is 4.01. The summed E-state index contributed by atoms with van der Waals surface area (Å²) in [5.41, 5.74) is -0.378. The number of rotatable bonds is 2. The van der Waals surface area contributed by atoms with Crippen molar-refractivity contribution in [2.45, 2.75) is 6.43 Å². The van der Waals surface area contributed by atoms with Gasteiger partial charge in [0, 0.05) is 5.56 Å². The predicted octanol–water partition coefficient (Wildman–Crippen LogP) is 3.20. The number of aromatic nitrogens is 1. The maximum absolute atomic E-state index is 12.4. The zero-order valence-electron chi connectivity index (χ0n) is 6.10. The molecule has 2 nitrogen and oxygen atoms in total. The molecule has 6 heteroatoms. The first kappa shape index (κ1) is 11.0. The summed E-state index contributed by atoms with van der Waals surface area (Å²) in [4.78, 5) is 14.2. The molecule has 0 saturated carbocycles. The topological polar surface area (TPSA) is 30.0 Å². The lowest BCUT2D eigenvalue weighted by Gasteiger charge is -2.05. The summed E-state index contributed by atoms with van der Waals surface area (Å²) in [6, 6.07) is 1.32. The van der Waals surface area contributed by atoms with Gasteiger partial charge < -0.3 is 0 Å². The molecule has 0 radical (unpaired) electrons. The van der Waals surface area contributed by atoms with Gasteiger partial charge in [-0.25, -0.2) is 13.8 Å². The number of pyridine rings is 1. The van der Waals surface area contributed by atoms with Gasteiger partial charge in [-0.05, 0) is 44.6 Å².